The Hall–Kier alpha value is -1.90. The lowest BCUT2D eigenvalue weighted by molar-refractivity contribution is -0.126. The lowest BCUT2D eigenvalue weighted by Crippen LogP contribution is -2.43. The minimum atomic E-state index is -3.72. The first-order chi connectivity index (χ1) is 12.9. The van der Waals surface area contributed by atoms with Gasteiger partial charge >= 0.3 is 0 Å². The Balaban J connectivity index is 1.55. The molecular weight excluding hydrogens is 395 g/mol. The summed E-state index contributed by atoms with van der Waals surface area (Å²) >= 11 is 5.93. The van der Waals surface area contributed by atoms with Crippen LogP contribution in [0, 0.1) is 11.7 Å². The molecule has 6 nitrogen and oxygen atoms in total. The van der Waals surface area contributed by atoms with Crippen molar-refractivity contribution in [3.63, 3.8) is 0 Å². The minimum absolute atomic E-state index is 0.0301. The lowest BCUT2D eigenvalue weighted by Gasteiger charge is -2.30. The number of nitrogens with one attached hydrogen (secondary N) is 1. The van der Waals surface area contributed by atoms with E-state index in [2.05, 4.69) is 5.32 Å². The molecule has 3 rings (SSSR count). The van der Waals surface area contributed by atoms with E-state index >= 15 is 0 Å². The predicted octanol–water partition coefficient (Wildman–Crippen LogP) is 2.93. The van der Waals surface area contributed by atoms with E-state index in [9.17, 15) is 17.6 Å². The van der Waals surface area contributed by atoms with Gasteiger partial charge in [-0.2, -0.15) is 0 Å². The fourth-order valence-electron chi connectivity index (χ4n) is 3.07. The van der Waals surface area contributed by atoms with Gasteiger partial charge in [0.1, 0.15) is 11.6 Å². The van der Waals surface area contributed by atoms with Crippen LogP contribution < -0.4 is 5.32 Å². The Labute approximate surface area is 162 Å². The number of sulfonamides is 1. The summed E-state index contributed by atoms with van der Waals surface area (Å²) in [4.78, 5) is 12.2. The van der Waals surface area contributed by atoms with E-state index in [1.165, 1.54) is 28.8 Å². The molecule has 9 heteroatoms. The Morgan fingerprint density at radius 3 is 2.63 bits per heavy atom. The van der Waals surface area contributed by atoms with Crippen LogP contribution in [0.1, 0.15) is 24.2 Å². The molecule has 1 amide bonds. The summed E-state index contributed by atoms with van der Waals surface area (Å²) in [5, 5.41) is 2.88. The van der Waals surface area contributed by atoms with Crippen LogP contribution in [0.3, 0.4) is 0 Å². The third kappa shape index (κ3) is 4.88. The Kier molecular flexibility index (Phi) is 6.18. The van der Waals surface area contributed by atoms with Gasteiger partial charge in [0, 0.05) is 29.6 Å². The number of hydrogen-bond donors (Lipinski definition) is 1. The third-order valence-corrected chi connectivity index (χ3v) is 6.78. The molecule has 0 bridgehead atoms. The van der Waals surface area contributed by atoms with E-state index in [4.69, 9.17) is 16.0 Å². The maximum absolute atomic E-state index is 13.9. The number of rotatable bonds is 6. The number of halogens is 2. The van der Waals surface area contributed by atoms with Crippen molar-refractivity contribution in [3.05, 3.63) is 58.8 Å². The standard InChI is InChI=1S/C18H20ClFN2O4S/c19-16-4-1-5-17(20)15(16)12-27(24,25)22-8-6-13(7-9-22)18(23)21-11-14-3-2-10-26-14/h1-5,10,13H,6-9,11-12H2,(H,21,23). The van der Waals surface area contributed by atoms with Crippen molar-refractivity contribution in [3.8, 4) is 0 Å². The molecule has 0 unspecified atom stereocenters. The van der Waals surface area contributed by atoms with Gasteiger partial charge in [-0.25, -0.2) is 17.1 Å². The van der Waals surface area contributed by atoms with Gasteiger partial charge in [0.2, 0.25) is 15.9 Å². The highest BCUT2D eigenvalue weighted by Crippen LogP contribution is 2.26. The van der Waals surface area contributed by atoms with E-state index in [1.807, 2.05) is 0 Å². The van der Waals surface area contributed by atoms with Crippen molar-refractivity contribution < 1.29 is 22.0 Å². The molecule has 1 aromatic carbocycles. The zero-order valence-electron chi connectivity index (χ0n) is 14.5. The average molecular weight is 415 g/mol. The maximum Gasteiger partial charge on any atom is 0.223 e. The largest absolute Gasteiger partial charge is 0.467 e. The minimum Gasteiger partial charge on any atom is -0.467 e. The molecule has 0 spiro atoms. The topological polar surface area (TPSA) is 79.6 Å². The van der Waals surface area contributed by atoms with Crippen LogP contribution >= 0.6 is 11.6 Å². The van der Waals surface area contributed by atoms with Crippen LogP contribution in [-0.4, -0.2) is 31.7 Å². The first-order valence-corrected chi connectivity index (χ1v) is 10.6. The number of furan rings is 1. The summed E-state index contributed by atoms with van der Waals surface area (Å²) < 4.78 is 45.6. The summed E-state index contributed by atoms with van der Waals surface area (Å²) in [6.07, 6.45) is 2.36. The van der Waals surface area contributed by atoms with Crippen LogP contribution in [0.25, 0.3) is 0 Å². The zero-order valence-corrected chi connectivity index (χ0v) is 16.1. The van der Waals surface area contributed by atoms with Crippen LogP contribution in [-0.2, 0) is 27.1 Å². The number of hydrogen-bond acceptors (Lipinski definition) is 4. The summed E-state index contributed by atoms with van der Waals surface area (Å²) in [5.41, 5.74) is -0.0301. The van der Waals surface area contributed by atoms with Gasteiger partial charge < -0.3 is 9.73 Å². The summed E-state index contributed by atoms with van der Waals surface area (Å²) in [7, 11) is -3.72. The Morgan fingerprint density at radius 2 is 2.00 bits per heavy atom. The lowest BCUT2D eigenvalue weighted by atomic mass is 9.97. The summed E-state index contributed by atoms with van der Waals surface area (Å²) in [5.74, 6) is -0.860. The highest BCUT2D eigenvalue weighted by Gasteiger charge is 2.32. The maximum atomic E-state index is 13.9. The van der Waals surface area contributed by atoms with Crippen molar-refractivity contribution >= 4 is 27.5 Å². The average Bonchev–Trinajstić information content (AvgIpc) is 3.17. The molecule has 0 atom stereocenters. The predicted molar refractivity (Wildman–Crippen MR) is 98.9 cm³/mol. The van der Waals surface area contributed by atoms with Crippen LogP contribution in [0.2, 0.25) is 5.02 Å². The number of nitrogens with zero attached hydrogens (tertiary/aromatic N) is 1. The van der Waals surface area contributed by atoms with E-state index in [1.54, 1.807) is 12.1 Å². The molecular formula is C18H20ClFN2O4S. The molecule has 0 saturated carbocycles. The fraction of sp³-hybridized carbons (Fsp3) is 0.389. The number of carbonyl (C=O) groups is 1. The number of amides is 1. The van der Waals surface area contributed by atoms with Gasteiger partial charge in [0.05, 0.1) is 18.6 Å². The molecule has 2 heterocycles. The monoisotopic (exact) mass is 414 g/mol. The molecule has 0 radical (unpaired) electrons. The first-order valence-electron chi connectivity index (χ1n) is 8.57. The van der Waals surface area contributed by atoms with E-state index in [-0.39, 0.29) is 35.5 Å². The van der Waals surface area contributed by atoms with Crippen molar-refractivity contribution in [2.75, 3.05) is 13.1 Å². The smallest absolute Gasteiger partial charge is 0.223 e. The molecule has 1 aliphatic rings. The SMILES string of the molecule is O=C(NCc1ccco1)C1CCN(S(=O)(=O)Cc2c(F)cccc2Cl)CC1. The van der Waals surface area contributed by atoms with Crippen molar-refractivity contribution in [2.24, 2.45) is 5.92 Å². The van der Waals surface area contributed by atoms with Gasteiger partial charge in [-0.05, 0) is 37.1 Å². The highest BCUT2D eigenvalue weighted by atomic mass is 35.5. The molecule has 146 valence electrons. The summed E-state index contributed by atoms with van der Waals surface area (Å²) in [6, 6.07) is 7.59. The molecule has 1 N–H and O–H groups in total. The third-order valence-electron chi connectivity index (χ3n) is 4.62. The van der Waals surface area contributed by atoms with Gasteiger partial charge in [-0.1, -0.05) is 17.7 Å². The van der Waals surface area contributed by atoms with Crippen LogP contribution in [0.5, 0.6) is 0 Å². The molecule has 1 aromatic heterocycles. The molecule has 1 saturated heterocycles. The number of carbonyl (C=O) groups excluding carboxylic acids is 1. The van der Waals surface area contributed by atoms with E-state index in [0.717, 1.165) is 0 Å². The van der Waals surface area contributed by atoms with Gasteiger partial charge in [0.15, 0.2) is 0 Å². The van der Waals surface area contributed by atoms with Crippen LogP contribution in [0.15, 0.2) is 41.0 Å². The molecule has 1 fully saturated rings. The Bertz CT molecular complexity index is 874. The number of piperidine rings is 1. The second-order valence-corrected chi connectivity index (χ2v) is 8.80. The van der Waals surface area contributed by atoms with Crippen molar-refractivity contribution in [2.45, 2.75) is 25.1 Å². The first kappa shape index (κ1) is 19.9. The van der Waals surface area contributed by atoms with Crippen molar-refractivity contribution in [1.82, 2.24) is 9.62 Å². The van der Waals surface area contributed by atoms with Crippen molar-refractivity contribution in [1.29, 1.82) is 0 Å². The molecule has 2 aromatic rings. The highest BCUT2D eigenvalue weighted by molar-refractivity contribution is 7.88. The van der Waals surface area contributed by atoms with Gasteiger partial charge in [-0.3, -0.25) is 4.79 Å². The molecule has 27 heavy (non-hydrogen) atoms. The quantitative estimate of drug-likeness (QED) is 0.788. The van der Waals surface area contributed by atoms with E-state index < -0.39 is 21.6 Å². The fourth-order valence-corrected chi connectivity index (χ4v) is 4.99. The number of benzene rings is 1. The zero-order chi connectivity index (χ0) is 19.4. The molecule has 0 aliphatic carbocycles. The van der Waals surface area contributed by atoms with Crippen LogP contribution in [0.4, 0.5) is 4.39 Å². The Morgan fingerprint density at radius 1 is 1.26 bits per heavy atom. The summed E-state index contributed by atoms with van der Waals surface area (Å²) in [6.45, 7) is 0.733. The van der Waals surface area contributed by atoms with Gasteiger partial charge in [0.25, 0.3) is 0 Å². The second-order valence-electron chi connectivity index (χ2n) is 6.43. The second kappa shape index (κ2) is 8.41. The molecule has 1 aliphatic heterocycles. The normalized spacial score (nSPS) is 16.4. The van der Waals surface area contributed by atoms with Gasteiger partial charge in [-0.15, -0.1) is 0 Å². The van der Waals surface area contributed by atoms with E-state index in [0.29, 0.717) is 25.1 Å².